The molecule has 2 heterocycles. The van der Waals surface area contributed by atoms with Gasteiger partial charge in [-0.2, -0.15) is 0 Å². The fourth-order valence-electron chi connectivity index (χ4n) is 3.77. The fourth-order valence-corrected chi connectivity index (χ4v) is 6.93. The quantitative estimate of drug-likeness (QED) is 0.725. The number of amides is 1. The van der Waals surface area contributed by atoms with Gasteiger partial charge in [0.1, 0.15) is 0 Å². The van der Waals surface area contributed by atoms with E-state index in [0.717, 1.165) is 30.2 Å². The van der Waals surface area contributed by atoms with Gasteiger partial charge in [0.05, 0.1) is 22.3 Å². The van der Waals surface area contributed by atoms with Crippen molar-refractivity contribution in [3.8, 4) is 0 Å². The van der Waals surface area contributed by atoms with Crippen molar-refractivity contribution >= 4 is 31.6 Å². The van der Waals surface area contributed by atoms with Crippen LogP contribution in [0.5, 0.6) is 0 Å². The van der Waals surface area contributed by atoms with E-state index in [2.05, 4.69) is 9.62 Å². The number of rotatable bonds is 6. The van der Waals surface area contributed by atoms with Crippen LogP contribution in [0.25, 0.3) is 0 Å². The Morgan fingerprint density at radius 2 is 1.89 bits per heavy atom. The van der Waals surface area contributed by atoms with Gasteiger partial charge in [-0.25, -0.2) is 25.9 Å². The Hall–Kier alpha value is -1.49. The molecule has 28 heavy (non-hydrogen) atoms. The van der Waals surface area contributed by atoms with Crippen molar-refractivity contribution in [3.63, 3.8) is 0 Å². The first-order valence-corrected chi connectivity index (χ1v) is 12.5. The standard InChI is InChI=1S/C18H27N3O5S2/c1-13-10-16(21-18(22)14(2)12-27(21,23)24)6-7-17(13)28(25,26)19-11-15(3)20-8-4-5-9-20/h6-7,10,14-15,19H,4-5,8-9,11-12H2,1-3H3. The van der Waals surface area contributed by atoms with E-state index in [9.17, 15) is 21.6 Å². The van der Waals surface area contributed by atoms with Gasteiger partial charge in [0.2, 0.25) is 26.0 Å². The molecule has 0 saturated carbocycles. The summed E-state index contributed by atoms with van der Waals surface area (Å²) in [7, 11) is -7.46. The third-order valence-corrected chi connectivity index (χ3v) is 8.83. The van der Waals surface area contributed by atoms with Crippen LogP contribution in [-0.4, -0.2) is 59.1 Å². The van der Waals surface area contributed by atoms with E-state index in [1.165, 1.54) is 18.2 Å². The normalized spacial score (nSPS) is 24.0. The third-order valence-electron chi connectivity index (χ3n) is 5.38. The van der Waals surface area contributed by atoms with Crippen LogP contribution in [0.4, 0.5) is 5.69 Å². The monoisotopic (exact) mass is 429 g/mol. The van der Waals surface area contributed by atoms with Crippen molar-refractivity contribution in [1.29, 1.82) is 0 Å². The molecule has 0 bridgehead atoms. The van der Waals surface area contributed by atoms with Gasteiger partial charge >= 0.3 is 0 Å². The number of nitrogens with one attached hydrogen (secondary N) is 1. The van der Waals surface area contributed by atoms with E-state index < -0.39 is 31.9 Å². The Morgan fingerprint density at radius 3 is 2.43 bits per heavy atom. The number of hydrogen-bond acceptors (Lipinski definition) is 6. The van der Waals surface area contributed by atoms with Gasteiger partial charge in [-0.1, -0.05) is 6.92 Å². The second kappa shape index (κ2) is 7.74. The highest BCUT2D eigenvalue weighted by molar-refractivity contribution is 7.94. The maximum Gasteiger partial charge on any atom is 0.244 e. The van der Waals surface area contributed by atoms with Crippen molar-refractivity contribution in [2.24, 2.45) is 5.92 Å². The molecule has 0 spiro atoms. The average molecular weight is 430 g/mol. The van der Waals surface area contributed by atoms with Crippen molar-refractivity contribution in [1.82, 2.24) is 9.62 Å². The van der Waals surface area contributed by atoms with Crippen LogP contribution in [0.15, 0.2) is 23.1 Å². The second-order valence-corrected chi connectivity index (χ2v) is 11.3. The summed E-state index contributed by atoms with van der Waals surface area (Å²) >= 11 is 0. The molecule has 1 aromatic rings. The number of sulfonamides is 2. The lowest BCUT2D eigenvalue weighted by molar-refractivity contribution is -0.119. The Bertz CT molecular complexity index is 969. The number of nitrogens with zero attached hydrogens (tertiary/aromatic N) is 2. The topological polar surface area (TPSA) is 104 Å². The summed E-state index contributed by atoms with van der Waals surface area (Å²) in [5.74, 6) is -1.34. The summed E-state index contributed by atoms with van der Waals surface area (Å²) in [6, 6.07) is 4.27. The second-order valence-electron chi connectivity index (χ2n) is 7.68. The van der Waals surface area contributed by atoms with Crippen molar-refractivity contribution in [2.45, 2.75) is 44.6 Å². The zero-order valence-electron chi connectivity index (χ0n) is 16.4. The van der Waals surface area contributed by atoms with Gasteiger partial charge in [-0.15, -0.1) is 0 Å². The molecule has 10 heteroatoms. The zero-order valence-corrected chi connectivity index (χ0v) is 18.0. The SMILES string of the molecule is Cc1cc(N2C(=O)C(C)CS2(=O)=O)ccc1S(=O)(=O)NCC(C)N1CCCC1. The van der Waals surface area contributed by atoms with Crippen LogP contribution >= 0.6 is 0 Å². The summed E-state index contributed by atoms with van der Waals surface area (Å²) in [4.78, 5) is 14.6. The molecule has 0 radical (unpaired) electrons. The Labute approximate surface area is 167 Å². The van der Waals surface area contributed by atoms with E-state index in [0.29, 0.717) is 12.1 Å². The third kappa shape index (κ3) is 4.10. The van der Waals surface area contributed by atoms with Crippen molar-refractivity contribution < 1.29 is 21.6 Å². The number of hydrogen-bond donors (Lipinski definition) is 1. The minimum absolute atomic E-state index is 0.0852. The molecule has 2 fully saturated rings. The van der Waals surface area contributed by atoms with Crippen LogP contribution < -0.4 is 9.03 Å². The van der Waals surface area contributed by atoms with E-state index in [4.69, 9.17) is 0 Å². The molecule has 0 aromatic heterocycles. The molecule has 2 atom stereocenters. The summed E-state index contributed by atoms with van der Waals surface area (Å²) in [5.41, 5.74) is 0.567. The lowest BCUT2D eigenvalue weighted by Gasteiger charge is -2.24. The van der Waals surface area contributed by atoms with Crippen LogP contribution in [0.1, 0.15) is 32.3 Å². The molecule has 1 N–H and O–H groups in total. The van der Waals surface area contributed by atoms with E-state index in [-0.39, 0.29) is 22.4 Å². The first kappa shape index (κ1) is 21.2. The Kier molecular flexibility index (Phi) is 5.86. The van der Waals surface area contributed by atoms with Crippen LogP contribution in [0.2, 0.25) is 0 Å². The van der Waals surface area contributed by atoms with E-state index in [1.807, 2.05) is 6.92 Å². The van der Waals surface area contributed by atoms with Gasteiger partial charge in [-0.3, -0.25) is 9.69 Å². The molecule has 3 rings (SSSR count). The molecule has 0 aliphatic carbocycles. The average Bonchev–Trinajstić information content (AvgIpc) is 3.19. The van der Waals surface area contributed by atoms with Crippen LogP contribution in [-0.2, 0) is 24.8 Å². The molecule has 2 unspecified atom stereocenters. The summed E-state index contributed by atoms with van der Waals surface area (Å²) in [6.07, 6.45) is 2.27. The predicted octanol–water partition coefficient (Wildman–Crippen LogP) is 1.07. The van der Waals surface area contributed by atoms with Gasteiger partial charge in [-0.05, 0) is 63.5 Å². The van der Waals surface area contributed by atoms with E-state index in [1.54, 1.807) is 13.8 Å². The minimum atomic E-state index is -3.74. The van der Waals surface area contributed by atoms with Crippen molar-refractivity contribution in [3.05, 3.63) is 23.8 Å². The number of benzene rings is 1. The van der Waals surface area contributed by atoms with Gasteiger partial charge in [0, 0.05) is 12.6 Å². The smallest absolute Gasteiger partial charge is 0.244 e. The van der Waals surface area contributed by atoms with Crippen molar-refractivity contribution in [2.75, 3.05) is 29.7 Å². The first-order chi connectivity index (χ1) is 13.0. The molecular formula is C18H27N3O5S2. The molecule has 2 saturated heterocycles. The molecule has 156 valence electrons. The molecular weight excluding hydrogens is 402 g/mol. The fraction of sp³-hybridized carbons (Fsp3) is 0.611. The number of aryl methyl sites for hydroxylation is 1. The maximum atomic E-state index is 12.7. The highest BCUT2D eigenvalue weighted by Crippen LogP contribution is 2.30. The lowest BCUT2D eigenvalue weighted by atomic mass is 10.2. The van der Waals surface area contributed by atoms with Gasteiger partial charge in [0.25, 0.3) is 0 Å². The first-order valence-electron chi connectivity index (χ1n) is 9.44. The summed E-state index contributed by atoms with van der Waals surface area (Å²) in [5, 5.41) is 0. The molecule has 1 aromatic carbocycles. The Balaban J connectivity index is 1.79. The molecule has 2 aliphatic heterocycles. The zero-order chi connectivity index (χ0) is 20.7. The Morgan fingerprint density at radius 1 is 1.25 bits per heavy atom. The van der Waals surface area contributed by atoms with Crippen LogP contribution in [0.3, 0.4) is 0 Å². The predicted molar refractivity (Wildman–Crippen MR) is 107 cm³/mol. The van der Waals surface area contributed by atoms with E-state index >= 15 is 0 Å². The summed E-state index contributed by atoms with van der Waals surface area (Å²) < 4.78 is 53.4. The minimum Gasteiger partial charge on any atom is -0.299 e. The van der Waals surface area contributed by atoms with Gasteiger partial charge < -0.3 is 0 Å². The number of carbonyl (C=O) groups excluding carboxylic acids is 1. The summed E-state index contributed by atoms with van der Waals surface area (Å²) in [6.45, 7) is 7.42. The number of carbonyl (C=O) groups is 1. The lowest BCUT2D eigenvalue weighted by Crippen LogP contribution is -2.40. The largest absolute Gasteiger partial charge is 0.299 e. The maximum absolute atomic E-state index is 12.7. The molecule has 8 nitrogen and oxygen atoms in total. The molecule has 2 aliphatic rings. The van der Waals surface area contributed by atoms with Gasteiger partial charge in [0.15, 0.2) is 0 Å². The molecule has 1 amide bonds. The number of likely N-dealkylation sites (tertiary alicyclic amines) is 1. The highest BCUT2D eigenvalue weighted by Gasteiger charge is 2.42. The number of anilines is 1. The highest BCUT2D eigenvalue weighted by atomic mass is 32.2. The van der Waals surface area contributed by atoms with Crippen LogP contribution in [0, 0.1) is 12.8 Å².